The van der Waals surface area contributed by atoms with Gasteiger partial charge in [-0.2, -0.15) is 5.10 Å². The van der Waals surface area contributed by atoms with E-state index in [2.05, 4.69) is 5.10 Å². The van der Waals surface area contributed by atoms with E-state index in [1.54, 1.807) is 0 Å². The number of nitrogens with zero attached hydrogens (tertiary/aromatic N) is 2. The fourth-order valence-corrected chi connectivity index (χ4v) is 0.722. The Hall–Kier alpha value is 0.0500. The summed E-state index contributed by atoms with van der Waals surface area (Å²) in [6, 6.07) is 0. The molecule has 0 fully saturated rings. The molecule has 39 valence electrons. The minimum absolute atomic E-state index is 0.531. The first-order chi connectivity index (χ1) is 3.29. The Balaban J connectivity index is 2.42. The molecule has 1 heterocycles. The van der Waals surface area contributed by atoms with Gasteiger partial charge in [0.25, 0.3) is 0 Å². The van der Waals surface area contributed by atoms with Crippen molar-refractivity contribution in [1.82, 2.24) is 4.53 Å². The standard InChI is InChI=1S/C3H3Cl2N2/c4-3-1-6-7(5)2-3/h1H,2H2. The van der Waals surface area contributed by atoms with Gasteiger partial charge in [0.05, 0.1) is 12.8 Å². The molecule has 0 aromatic heterocycles. The maximum absolute atomic E-state index is 5.45. The van der Waals surface area contributed by atoms with Gasteiger partial charge < -0.3 is 0 Å². The number of hydrazone groups is 1. The van der Waals surface area contributed by atoms with Crippen molar-refractivity contribution in [2.45, 2.75) is 0 Å². The van der Waals surface area contributed by atoms with Gasteiger partial charge in [-0.3, -0.25) is 0 Å². The van der Waals surface area contributed by atoms with E-state index in [1.807, 2.05) is 0 Å². The second-order valence-corrected chi connectivity index (χ2v) is 2.06. The summed E-state index contributed by atoms with van der Waals surface area (Å²) in [4.78, 5) is 0. The number of hydrogen-bond acceptors (Lipinski definition) is 2. The Morgan fingerprint density at radius 3 is 2.71 bits per heavy atom. The maximum Gasteiger partial charge on any atom is 0.128 e. The molecule has 0 saturated heterocycles. The lowest BCUT2D eigenvalue weighted by molar-refractivity contribution is 0.555. The monoisotopic (exact) mass is 137 g/mol. The van der Waals surface area contributed by atoms with E-state index >= 15 is 0 Å². The summed E-state index contributed by atoms with van der Waals surface area (Å²) in [6.45, 7) is 0.531. The zero-order valence-corrected chi connectivity index (χ0v) is 4.95. The maximum atomic E-state index is 5.45. The van der Waals surface area contributed by atoms with E-state index in [0.717, 1.165) is 0 Å². The van der Waals surface area contributed by atoms with Crippen LogP contribution in [0.4, 0.5) is 0 Å². The average molecular weight is 138 g/mol. The smallest absolute Gasteiger partial charge is 0.128 e. The van der Waals surface area contributed by atoms with E-state index in [-0.39, 0.29) is 0 Å². The first-order valence-corrected chi connectivity index (χ1v) is 2.49. The van der Waals surface area contributed by atoms with Crippen molar-refractivity contribution >= 4 is 29.6 Å². The minimum atomic E-state index is 0.531. The summed E-state index contributed by atoms with van der Waals surface area (Å²) in [5, 5.41) is 4.30. The lowest BCUT2D eigenvalue weighted by Gasteiger charge is -1.97. The van der Waals surface area contributed by atoms with Crippen LogP contribution >= 0.6 is 23.4 Å². The Bertz CT molecular complexity index is 82.9. The molecule has 0 aromatic carbocycles. The summed E-state index contributed by atoms with van der Waals surface area (Å²) in [5.74, 6) is 0. The molecule has 1 rings (SSSR count). The predicted molar refractivity (Wildman–Crippen MR) is 30.1 cm³/mol. The fourth-order valence-electron chi connectivity index (χ4n) is 0.332. The van der Waals surface area contributed by atoms with Crippen LogP contribution in [0.1, 0.15) is 0 Å². The van der Waals surface area contributed by atoms with Gasteiger partial charge in [-0.05, 0) is 0 Å². The van der Waals surface area contributed by atoms with Gasteiger partial charge in [0.15, 0.2) is 0 Å². The van der Waals surface area contributed by atoms with Crippen molar-refractivity contribution in [1.29, 1.82) is 0 Å². The number of hydrogen-bond donors (Lipinski definition) is 0. The molecule has 2 nitrogen and oxygen atoms in total. The number of rotatable bonds is 0. The molecule has 1 aliphatic rings. The summed E-state index contributed by atoms with van der Waals surface area (Å²) in [6.07, 6.45) is 1.52. The van der Waals surface area contributed by atoms with Crippen molar-refractivity contribution < 1.29 is 0 Å². The minimum Gasteiger partial charge on any atom is -0.204 e. The van der Waals surface area contributed by atoms with Crippen molar-refractivity contribution in [2.24, 2.45) is 5.10 Å². The highest BCUT2D eigenvalue weighted by atomic mass is 35.5. The van der Waals surface area contributed by atoms with Crippen LogP contribution in [0.3, 0.4) is 0 Å². The van der Waals surface area contributed by atoms with E-state index in [4.69, 9.17) is 23.4 Å². The van der Waals surface area contributed by atoms with Crippen LogP contribution in [0.15, 0.2) is 5.10 Å². The van der Waals surface area contributed by atoms with Crippen LogP contribution in [-0.4, -0.2) is 17.3 Å². The normalized spacial score (nSPS) is 21.7. The molecule has 1 aliphatic heterocycles. The molecule has 0 aliphatic carbocycles. The van der Waals surface area contributed by atoms with Crippen LogP contribution in [0.2, 0.25) is 0 Å². The summed E-state index contributed by atoms with van der Waals surface area (Å²) < 4.78 is 1.25. The highest BCUT2D eigenvalue weighted by Gasteiger charge is 2.12. The Labute approximate surface area is 51.8 Å². The molecule has 0 spiro atoms. The summed E-state index contributed by atoms with van der Waals surface area (Å²) >= 11 is 10.8. The van der Waals surface area contributed by atoms with Crippen molar-refractivity contribution in [3.8, 4) is 0 Å². The topological polar surface area (TPSA) is 15.6 Å². The molecule has 0 aromatic rings. The van der Waals surface area contributed by atoms with Crippen molar-refractivity contribution in [2.75, 3.05) is 6.54 Å². The molecular formula is C3H3Cl2N2. The third-order valence-electron chi connectivity index (χ3n) is 0.605. The van der Waals surface area contributed by atoms with Crippen LogP contribution in [0, 0.1) is 5.38 Å². The van der Waals surface area contributed by atoms with Gasteiger partial charge in [0.2, 0.25) is 0 Å². The summed E-state index contributed by atoms with van der Waals surface area (Å²) in [5.41, 5.74) is 0. The first-order valence-electron chi connectivity index (χ1n) is 1.77. The molecule has 0 N–H and O–H groups in total. The lowest BCUT2D eigenvalue weighted by atomic mass is 10.5. The molecule has 0 amide bonds. The van der Waals surface area contributed by atoms with Crippen molar-refractivity contribution in [3.05, 3.63) is 5.38 Å². The highest BCUT2D eigenvalue weighted by Crippen LogP contribution is 2.14. The molecule has 0 bridgehead atoms. The Kier molecular flexibility index (Phi) is 1.40. The Morgan fingerprint density at radius 2 is 2.57 bits per heavy atom. The lowest BCUT2D eigenvalue weighted by Crippen LogP contribution is -2.00. The van der Waals surface area contributed by atoms with E-state index in [0.29, 0.717) is 11.9 Å². The van der Waals surface area contributed by atoms with Gasteiger partial charge in [-0.25, -0.2) is 4.53 Å². The van der Waals surface area contributed by atoms with Crippen LogP contribution in [0.5, 0.6) is 0 Å². The molecule has 7 heavy (non-hydrogen) atoms. The van der Waals surface area contributed by atoms with E-state index < -0.39 is 0 Å². The zero-order valence-electron chi connectivity index (χ0n) is 3.43. The average Bonchev–Trinajstić information content (AvgIpc) is 1.87. The largest absolute Gasteiger partial charge is 0.204 e. The van der Waals surface area contributed by atoms with Gasteiger partial charge in [0, 0.05) is 11.8 Å². The SMILES string of the molecule is Cl[C]1C=NN(Cl)C1. The number of halogens is 2. The first kappa shape index (κ1) is 5.19. The van der Waals surface area contributed by atoms with Crippen LogP contribution < -0.4 is 0 Å². The van der Waals surface area contributed by atoms with E-state index in [1.165, 1.54) is 10.7 Å². The second-order valence-electron chi connectivity index (χ2n) is 1.19. The van der Waals surface area contributed by atoms with Gasteiger partial charge in [0.1, 0.15) is 5.38 Å². The third-order valence-corrected chi connectivity index (χ3v) is 1.03. The quantitative estimate of drug-likeness (QED) is 0.459. The second kappa shape index (κ2) is 1.88. The van der Waals surface area contributed by atoms with Gasteiger partial charge >= 0.3 is 0 Å². The van der Waals surface area contributed by atoms with E-state index in [9.17, 15) is 0 Å². The van der Waals surface area contributed by atoms with Crippen LogP contribution in [-0.2, 0) is 0 Å². The molecule has 1 radical (unpaired) electrons. The molecular weight excluding hydrogens is 135 g/mol. The zero-order chi connectivity index (χ0) is 5.28. The molecule has 0 atom stereocenters. The third kappa shape index (κ3) is 1.21. The van der Waals surface area contributed by atoms with Crippen molar-refractivity contribution in [3.63, 3.8) is 0 Å². The van der Waals surface area contributed by atoms with Gasteiger partial charge in [-0.15, -0.1) is 11.6 Å². The molecule has 0 unspecified atom stereocenters. The summed E-state index contributed by atoms with van der Waals surface area (Å²) in [7, 11) is 0. The highest BCUT2D eigenvalue weighted by molar-refractivity contribution is 6.37. The van der Waals surface area contributed by atoms with Gasteiger partial charge in [-0.1, -0.05) is 0 Å². The predicted octanol–water partition coefficient (Wildman–Crippen LogP) is 1.21. The van der Waals surface area contributed by atoms with Crippen LogP contribution in [0.25, 0.3) is 0 Å². The molecule has 4 heteroatoms. The molecule has 0 saturated carbocycles. The fraction of sp³-hybridized carbons (Fsp3) is 0.333. The Morgan fingerprint density at radius 1 is 1.86 bits per heavy atom.